The van der Waals surface area contributed by atoms with Gasteiger partial charge in [0.1, 0.15) is 0 Å². The fourth-order valence-corrected chi connectivity index (χ4v) is 2.89. The highest BCUT2D eigenvalue weighted by Gasteiger charge is 2.52. The number of ether oxygens (including phenoxy) is 1. The predicted molar refractivity (Wildman–Crippen MR) is 52.7 cm³/mol. The third-order valence-electron chi connectivity index (χ3n) is 3.37. The van der Waals surface area contributed by atoms with Crippen molar-refractivity contribution >= 4 is 11.6 Å². The fraction of sp³-hybridized carbons (Fsp3) is 1.00. The van der Waals surface area contributed by atoms with E-state index in [4.69, 9.17) is 16.3 Å². The molecule has 0 aromatic carbocycles. The molecular formula is C10H19ClO. The van der Waals surface area contributed by atoms with Crippen LogP contribution in [-0.2, 0) is 4.74 Å². The van der Waals surface area contributed by atoms with E-state index in [1.807, 2.05) is 0 Å². The van der Waals surface area contributed by atoms with Gasteiger partial charge in [0, 0.05) is 17.4 Å². The van der Waals surface area contributed by atoms with Crippen molar-refractivity contribution in [3.8, 4) is 0 Å². The lowest BCUT2D eigenvalue weighted by molar-refractivity contribution is -0.108. The first kappa shape index (κ1) is 10.3. The Balaban J connectivity index is 2.56. The number of halogens is 1. The molecule has 2 unspecified atom stereocenters. The van der Waals surface area contributed by atoms with Crippen LogP contribution in [0.5, 0.6) is 0 Å². The standard InChI is InChI=1S/C10H19ClO/c1-4-10(5-2)8(11)7-9(10)12-6-3/h8-9H,4-7H2,1-3H3. The molecule has 1 aliphatic rings. The van der Waals surface area contributed by atoms with Crippen molar-refractivity contribution in [1.29, 1.82) is 0 Å². The highest BCUT2D eigenvalue weighted by molar-refractivity contribution is 6.21. The van der Waals surface area contributed by atoms with E-state index in [-0.39, 0.29) is 5.41 Å². The topological polar surface area (TPSA) is 9.23 Å². The van der Waals surface area contributed by atoms with Gasteiger partial charge in [0.15, 0.2) is 0 Å². The summed E-state index contributed by atoms with van der Waals surface area (Å²) in [6.45, 7) is 7.29. The molecule has 0 radical (unpaired) electrons. The summed E-state index contributed by atoms with van der Waals surface area (Å²) in [5.41, 5.74) is 0.275. The molecule has 0 amide bonds. The second kappa shape index (κ2) is 3.97. The summed E-state index contributed by atoms with van der Waals surface area (Å²) >= 11 is 6.22. The molecule has 2 heteroatoms. The maximum absolute atomic E-state index is 6.22. The van der Waals surface area contributed by atoms with Gasteiger partial charge in [0.2, 0.25) is 0 Å². The lowest BCUT2D eigenvalue weighted by atomic mass is 9.62. The van der Waals surface area contributed by atoms with E-state index in [1.54, 1.807) is 0 Å². The molecule has 0 spiro atoms. The van der Waals surface area contributed by atoms with Crippen LogP contribution in [0.2, 0.25) is 0 Å². The molecule has 0 bridgehead atoms. The third-order valence-corrected chi connectivity index (χ3v) is 3.98. The summed E-state index contributed by atoms with van der Waals surface area (Å²) in [5, 5.41) is 0.337. The van der Waals surface area contributed by atoms with Crippen LogP contribution in [0.25, 0.3) is 0 Å². The van der Waals surface area contributed by atoms with Crippen molar-refractivity contribution in [3.05, 3.63) is 0 Å². The Morgan fingerprint density at radius 1 is 1.33 bits per heavy atom. The van der Waals surface area contributed by atoms with Crippen molar-refractivity contribution in [2.45, 2.75) is 51.5 Å². The van der Waals surface area contributed by atoms with E-state index in [9.17, 15) is 0 Å². The molecule has 2 atom stereocenters. The first-order valence-corrected chi connectivity index (χ1v) is 5.40. The van der Waals surface area contributed by atoms with Crippen LogP contribution in [0, 0.1) is 5.41 Å². The molecule has 12 heavy (non-hydrogen) atoms. The molecule has 1 rings (SSSR count). The van der Waals surface area contributed by atoms with E-state index >= 15 is 0 Å². The minimum Gasteiger partial charge on any atom is -0.378 e. The number of hydrogen-bond donors (Lipinski definition) is 0. The summed E-state index contributed by atoms with van der Waals surface area (Å²) in [6.07, 6.45) is 3.74. The van der Waals surface area contributed by atoms with E-state index in [0.717, 1.165) is 25.9 Å². The van der Waals surface area contributed by atoms with E-state index < -0.39 is 0 Å². The first-order chi connectivity index (χ1) is 5.71. The van der Waals surface area contributed by atoms with Crippen LogP contribution >= 0.6 is 11.6 Å². The minimum absolute atomic E-state index is 0.275. The Bertz CT molecular complexity index is 141. The fourth-order valence-electron chi connectivity index (χ4n) is 2.28. The molecular weight excluding hydrogens is 172 g/mol. The molecule has 0 saturated heterocycles. The van der Waals surface area contributed by atoms with Crippen molar-refractivity contribution in [3.63, 3.8) is 0 Å². The summed E-state index contributed by atoms with van der Waals surface area (Å²) in [7, 11) is 0. The highest BCUT2D eigenvalue weighted by Crippen LogP contribution is 2.51. The second-order valence-electron chi connectivity index (χ2n) is 3.59. The van der Waals surface area contributed by atoms with Crippen molar-refractivity contribution in [1.82, 2.24) is 0 Å². The zero-order valence-corrected chi connectivity index (χ0v) is 9.03. The number of alkyl halides is 1. The van der Waals surface area contributed by atoms with Gasteiger partial charge in [-0.05, 0) is 26.2 Å². The van der Waals surface area contributed by atoms with Crippen LogP contribution in [0.1, 0.15) is 40.0 Å². The summed E-state index contributed by atoms with van der Waals surface area (Å²) in [5.74, 6) is 0. The van der Waals surface area contributed by atoms with Gasteiger partial charge >= 0.3 is 0 Å². The minimum atomic E-state index is 0.275. The summed E-state index contributed by atoms with van der Waals surface area (Å²) in [6, 6.07) is 0. The van der Waals surface area contributed by atoms with Crippen LogP contribution < -0.4 is 0 Å². The van der Waals surface area contributed by atoms with Gasteiger partial charge in [-0.3, -0.25) is 0 Å². The quantitative estimate of drug-likeness (QED) is 0.619. The molecule has 0 aromatic rings. The molecule has 1 aliphatic carbocycles. The Labute approximate surface area is 80.4 Å². The van der Waals surface area contributed by atoms with Crippen molar-refractivity contribution in [2.75, 3.05) is 6.61 Å². The molecule has 1 fully saturated rings. The second-order valence-corrected chi connectivity index (χ2v) is 4.11. The third kappa shape index (κ3) is 1.38. The lowest BCUT2D eigenvalue weighted by Crippen LogP contribution is -2.55. The molecule has 0 aromatic heterocycles. The molecule has 1 saturated carbocycles. The highest BCUT2D eigenvalue weighted by atomic mass is 35.5. The van der Waals surface area contributed by atoms with Gasteiger partial charge < -0.3 is 4.74 Å². The van der Waals surface area contributed by atoms with Crippen LogP contribution in [0.4, 0.5) is 0 Å². The first-order valence-electron chi connectivity index (χ1n) is 4.96. The normalized spacial score (nSPS) is 33.0. The van der Waals surface area contributed by atoms with Crippen molar-refractivity contribution < 1.29 is 4.74 Å². The smallest absolute Gasteiger partial charge is 0.0659 e. The number of rotatable bonds is 4. The van der Waals surface area contributed by atoms with E-state index in [0.29, 0.717) is 11.5 Å². The molecule has 0 aliphatic heterocycles. The van der Waals surface area contributed by atoms with E-state index in [1.165, 1.54) is 0 Å². The molecule has 0 heterocycles. The average molecular weight is 191 g/mol. The van der Waals surface area contributed by atoms with Gasteiger partial charge in [-0.25, -0.2) is 0 Å². The zero-order valence-electron chi connectivity index (χ0n) is 8.27. The SMILES string of the molecule is CCOC1CC(Cl)C1(CC)CC. The van der Waals surface area contributed by atoms with Crippen LogP contribution in [0.15, 0.2) is 0 Å². The Morgan fingerprint density at radius 2 is 1.92 bits per heavy atom. The van der Waals surface area contributed by atoms with Crippen LogP contribution in [0.3, 0.4) is 0 Å². The van der Waals surface area contributed by atoms with Gasteiger partial charge in [0.05, 0.1) is 6.10 Å². The summed E-state index contributed by atoms with van der Waals surface area (Å²) in [4.78, 5) is 0. The molecule has 72 valence electrons. The summed E-state index contributed by atoms with van der Waals surface area (Å²) < 4.78 is 5.66. The Hall–Kier alpha value is 0.250. The predicted octanol–water partition coefficient (Wildman–Crippen LogP) is 3.21. The van der Waals surface area contributed by atoms with Crippen molar-refractivity contribution in [2.24, 2.45) is 5.41 Å². The monoisotopic (exact) mass is 190 g/mol. The van der Waals surface area contributed by atoms with Gasteiger partial charge in [0.25, 0.3) is 0 Å². The molecule has 0 N–H and O–H groups in total. The maximum Gasteiger partial charge on any atom is 0.0659 e. The Kier molecular flexibility index (Phi) is 3.42. The largest absolute Gasteiger partial charge is 0.378 e. The van der Waals surface area contributed by atoms with E-state index in [2.05, 4.69) is 20.8 Å². The Morgan fingerprint density at radius 3 is 2.25 bits per heavy atom. The van der Waals surface area contributed by atoms with Gasteiger partial charge in [-0.1, -0.05) is 13.8 Å². The average Bonchev–Trinajstić information content (AvgIpc) is 2.07. The maximum atomic E-state index is 6.22. The van der Waals surface area contributed by atoms with Gasteiger partial charge in [-0.15, -0.1) is 11.6 Å². The molecule has 1 nitrogen and oxygen atoms in total. The lowest BCUT2D eigenvalue weighted by Gasteiger charge is -2.52. The van der Waals surface area contributed by atoms with Gasteiger partial charge in [-0.2, -0.15) is 0 Å². The zero-order chi connectivity index (χ0) is 9.19. The number of hydrogen-bond acceptors (Lipinski definition) is 1. The van der Waals surface area contributed by atoms with Crippen LogP contribution in [-0.4, -0.2) is 18.1 Å².